The van der Waals surface area contributed by atoms with Crippen molar-refractivity contribution in [2.45, 2.75) is 199 Å². The molecule has 0 aromatic carbocycles. The van der Waals surface area contributed by atoms with E-state index in [2.05, 4.69) is 33.5 Å². The number of aliphatic hydroxyl groups is 3. The zero-order valence-electron chi connectivity index (χ0n) is 41.5. The molecule has 0 aliphatic carbocycles. The van der Waals surface area contributed by atoms with Crippen molar-refractivity contribution in [2.75, 3.05) is 39.6 Å². The Labute approximate surface area is 409 Å². The fourth-order valence-electron chi connectivity index (χ4n) is 6.42. The van der Waals surface area contributed by atoms with Gasteiger partial charge in [0.15, 0.2) is 0 Å². The molecule has 5 unspecified atom stereocenters. The summed E-state index contributed by atoms with van der Waals surface area (Å²) in [7, 11) is -9.59. The van der Waals surface area contributed by atoms with Crippen molar-refractivity contribution in [2.24, 2.45) is 0 Å². The molecule has 15 nitrogen and oxygen atoms in total. The minimum atomic E-state index is -4.80. The second-order valence-electron chi connectivity index (χ2n) is 17.0. The number of rotatable bonds is 48. The van der Waals surface area contributed by atoms with E-state index < -0.39 is 85.5 Å². The van der Waals surface area contributed by atoms with E-state index in [1.54, 1.807) is 0 Å². The van der Waals surface area contributed by atoms with Crippen LogP contribution in [0.15, 0.2) is 72.9 Å². The summed E-state index contributed by atoms with van der Waals surface area (Å²) in [5.41, 5.74) is 0. The van der Waals surface area contributed by atoms with Gasteiger partial charge in [0.1, 0.15) is 31.5 Å². The zero-order valence-corrected chi connectivity index (χ0v) is 43.3. The topological polar surface area (TPSA) is 225 Å². The second-order valence-corrected chi connectivity index (χ2v) is 19.9. The predicted octanol–water partition coefficient (Wildman–Crippen LogP) is 11.9. The van der Waals surface area contributed by atoms with Crippen molar-refractivity contribution >= 4 is 27.6 Å². The Bertz CT molecular complexity index is 1500. The van der Waals surface area contributed by atoms with Gasteiger partial charge in [0.05, 0.1) is 26.4 Å². The van der Waals surface area contributed by atoms with Crippen LogP contribution in [0, 0.1) is 0 Å². The summed E-state index contributed by atoms with van der Waals surface area (Å²) < 4.78 is 53.0. The van der Waals surface area contributed by atoms with Crippen LogP contribution >= 0.6 is 15.6 Å². The van der Waals surface area contributed by atoms with E-state index in [1.165, 1.54) is 96.3 Å². The molecule has 0 saturated heterocycles. The van der Waals surface area contributed by atoms with Gasteiger partial charge in [-0.25, -0.2) is 9.13 Å². The SMILES string of the molecule is CC\C=C/C=C/C=C/C=C\C=C\C=C\CCCCCC(=O)OCC(O)COP(=O)(O)OCC(O)COP(=O)(O)OCC(O)COC(=O)CCCCCCCCCCCCCCCCCCCCC. The lowest BCUT2D eigenvalue weighted by molar-refractivity contribution is -0.148. The van der Waals surface area contributed by atoms with Gasteiger partial charge in [-0.3, -0.25) is 27.7 Å². The van der Waals surface area contributed by atoms with Crippen molar-refractivity contribution in [3.8, 4) is 0 Å². The van der Waals surface area contributed by atoms with Crippen LogP contribution in [-0.4, -0.2) is 95.0 Å². The van der Waals surface area contributed by atoms with E-state index in [9.17, 15) is 43.8 Å². The lowest BCUT2D eigenvalue weighted by Crippen LogP contribution is -2.25. The van der Waals surface area contributed by atoms with Gasteiger partial charge in [0, 0.05) is 12.8 Å². The second kappa shape index (κ2) is 46.8. The van der Waals surface area contributed by atoms with Gasteiger partial charge in [-0.05, 0) is 32.1 Å². The number of phosphoric ester groups is 2. The average molecular weight is 1010 g/mol. The lowest BCUT2D eigenvalue weighted by Gasteiger charge is -2.19. The van der Waals surface area contributed by atoms with E-state index >= 15 is 0 Å². The molecule has 0 saturated carbocycles. The Morgan fingerprint density at radius 1 is 0.397 bits per heavy atom. The maximum absolute atomic E-state index is 12.2. The molecule has 0 aromatic rings. The highest BCUT2D eigenvalue weighted by Crippen LogP contribution is 2.45. The van der Waals surface area contributed by atoms with Crippen molar-refractivity contribution < 1.29 is 71.4 Å². The van der Waals surface area contributed by atoms with Crippen molar-refractivity contribution in [3.05, 3.63) is 72.9 Å². The first-order chi connectivity index (χ1) is 32.8. The lowest BCUT2D eigenvalue weighted by atomic mass is 10.0. The number of ether oxygens (including phenoxy) is 2. The van der Waals surface area contributed by atoms with Gasteiger partial charge >= 0.3 is 27.6 Å². The normalized spacial score (nSPS) is 15.6. The highest BCUT2D eigenvalue weighted by atomic mass is 31.2. The Morgan fingerprint density at radius 3 is 1.01 bits per heavy atom. The third-order valence-electron chi connectivity index (χ3n) is 10.3. The van der Waals surface area contributed by atoms with Crippen LogP contribution in [-0.2, 0) is 46.3 Å². The maximum atomic E-state index is 12.2. The van der Waals surface area contributed by atoms with Gasteiger partial charge in [0.2, 0.25) is 0 Å². The molecule has 394 valence electrons. The van der Waals surface area contributed by atoms with Gasteiger partial charge in [-0.1, -0.05) is 209 Å². The van der Waals surface area contributed by atoms with Gasteiger partial charge in [-0.15, -0.1) is 0 Å². The predicted molar refractivity (Wildman–Crippen MR) is 270 cm³/mol. The highest BCUT2D eigenvalue weighted by Gasteiger charge is 2.28. The van der Waals surface area contributed by atoms with E-state index in [4.69, 9.17) is 14.0 Å². The molecule has 68 heavy (non-hydrogen) atoms. The minimum absolute atomic E-state index is 0.142. The smallest absolute Gasteiger partial charge is 0.463 e. The van der Waals surface area contributed by atoms with E-state index in [0.29, 0.717) is 12.8 Å². The molecular weight excluding hydrogens is 914 g/mol. The van der Waals surface area contributed by atoms with E-state index in [0.717, 1.165) is 44.9 Å². The number of unbranched alkanes of at least 4 members (excludes halogenated alkanes) is 21. The van der Waals surface area contributed by atoms with Crippen molar-refractivity contribution in [3.63, 3.8) is 0 Å². The summed E-state index contributed by atoms with van der Waals surface area (Å²) in [5, 5.41) is 30.1. The third kappa shape index (κ3) is 48.5. The van der Waals surface area contributed by atoms with E-state index in [-0.39, 0.29) is 12.8 Å². The monoisotopic (exact) mass is 1000 g/mol. The van der Waals surface area contributed by atoms with Crippen molar-refractivity contribution in [1.82, 2.24) is 0 Å². The summed E-state index contributed by atoms with van der Waals surface area (Å²) in [6, 6.07) is 0. The van der Waals surface area contributed by atoms with Crippen LogP contribution in [0.1, 0.15) is 181 Å². The Hall–Kier alpha value is -2.52. The first-order valence-electron chi connectivity index (χ1n) is 25.4. The van der Waals surface area contributed by atoms with Crippen LogP contribution < -0.4 is 0 Å². The maximum Gasteiger partial charge on any atom is 0.472 e. The van der Waals surface area contributed by atoms with Crippen LogP contribution in [0.2, 0.25) is 0 Å². The molecule has 0 aliphatic rings. The summed E-state index contributed by atoms with van der Waals surface area (Å²) in [6.45, 7) is 0.233. The third-order valence-corrected chi connectivity index (χ3v) is 12.2. The molecule has 0 bridgehead atoms. The van der Waals surface area contributed by atoms with E-state index in [1.807, 2.05) is 66.8 Å². The molecule has 0 heterocycles. The molecule has 0 radical (unpaired) electrons. The largest absolute Gasteiger partial charge is 0.472 e. The molecule has 0 spiro atoms. The molecule has 0 fully saturated rings. The Balaban J connectivity index is 3.90. The summed E-state index contributed by atoms with van der Waals surface area (Å²) in [6.07, 6.45) is 47.5. The first kappa shape index (κ1) is 65.5. The minimum Gasteiger partial charge on any atom is -0.463 e. The Morgan fingerprint density at radius 2 is 0.676 bits per heavy atom. The average Bonchev–Trinajstić information content (AvgIpc) is 3.31. The fourth-order valence-corrected chi connectivity index (χ4v) is 8.01. The molecule has 17 heteroatoms. The summed E-state index contributed by atoms with van der Waals surface area (Å²) in [4.78, 5) is 43.8. The van der Waals surface area contributed by atoms with Gasteiger partial charge in [0.25, 0.3) is 0 Å². The molecule has 0 aromatic heterocycles. The number of phosphoric acid groups is 2. The quantitative estimate of drug-likeness (QED) is 0.0165. The fraction of sp³-hybridized carbons (Fsp3) is 0.725. The summed E-state index contributed by atoms with van der Waals surface area (Å²) >= 11 is 0. The molecule has 0 rings (SSSR count). The number of hydrogen-bond donors (Lipinski definition) is 5. The number of carbonyl (C=O) groups excluding carboxylic acids is 2. The zero-order chi connectivity index (χ0) is 50.2. The highest BCUT2D eigenvalue weighted by molar-refractivity contribution is 7.47. The first-order valence-corrected chi connectivity index (χ1v) is 28.4. The Kier molecular flexibility index (Phi) is 45.1. The standard InChI is InChI=1S/C51H90O15P2/c1-3-5-7-9-11-13-15-17-19-21-22-24-26-28-30-32-34-36-38-40-51(56)62-42-48(53)44-64-68(59,60)66-46-49(54)45-65-67(57,58)63-43-47(52)41-61-50(55)39-37-35-33-31-29-27-25-23-20-18-16-14-12-10-8-6-4-2/h6,8,10,12,14,16,18,20,23,25,27,29,47-49,52-54H,3-5,7,9,11,13,15,17,19,21-22,24,26,28,30-46H2,1-2H3,(H,57,58)(H,59,60)/b8-6-,12-10+,16-14+,20-18-,25-23+,29-27+. The van der Waals surface area contributed by atoms with Crippen LogP contribution in [0.3, 0.4) is 0 Å². The number of hydrogen-bond acceptors (Lipinski definition) is 13. The number of esters is 2. The summed E-state index contributed by atoms with van der Waals surface area (Å²) in [5.74, 6) is -1.04. The van der Waals surface area contributed by atoms with Gasteiger partial charge in [-0.2, -0.15) is 0 Å². The van der Waals surface area contributed by atoms with Crippen LogP contribution in [0.25, 0.3) is 0 Å². The molecular formula is C51H90O15P2. The molecule has 0 aliphatic heterocycles. The number of allylic oxidation sites excluding steroid dienone is 12. The molecule has 5 atom stereocenters. The van der Waals surface area contributed by atoms with Gasteiger partial charge < -0.3 is 34.6 Å². The number of aliphatic hydroxyl groups excluding tert-OH is 3. The molecule has 5 N–H and O–H groups in total. The number of carbonyl (C=O) groups is 2. The van der Waals surface area contributed by atoms with Crippen LogP contribution in [0.5, 0.6) is 0 Å². The van der Waals surface area contributed by atoms with Crippen molar-refractivity contribution in [1.29, 1.82) is 0 Å². The molecule has 0 amide bonds. The van der Waals surface area contributed by atoms with Crippen LogP contribution in [0.4, 0.5) is 0 Å².